The molecule has 10 heteroatoms. The quantitative estimate of drug-likeness (QED) is 0.358. The molecule has 0 bridgehead atoms. The summed E-state index contributed by atoms with van der Waals surface area (Å²) >= 11 is 0. The first-order valence-electron chi connectivity index (χ1n) is 10.4. The topological polar surface area (TPSA) is 160 Å². The van der Waals surface area contributed by atoms with Gasteiger partial charge in [0, 0.05) is 23.1 Å². The Bertz CT molecular complexity index is 1080. The van der Waals surface area contributed by atoms with Crippen LogP contribution < -0.4 is 0 Å². The summed E-state index contributed by atoms with van der Waals surface area (Å²) in [6.07, 6.45) is -6.63. The number of aliphatic hydroxyl groups excluding tert-OH is 3. The lowest BCUT2D eigenvalue weighted by molar-refractivity contribution is -0.153. The molecule has 0 spiro atoms. The number of ether oxygens (including phenoxy) is 3. The van der Waals surface area contributed by atoms with Crippen molar-refractivity contribution in [3.05, 3.63) is 33.9 Å². The molecule has 4 aliphatic rings. The van der Waals surface area contributed by atoms with Crippen LogP contribution in [0.1, 0.15) is 65.9 Å². The second-order valence-electron chi connectivity index (χ2n) is 8.63. The van der Waals surface area contributed by atoms with E-state index in [2.05, 4.69) is 0 Å². The van der Waals surface area contributed by atoms with Crippen LogP contribution in [0.4, 0.5) is 0 Å². The van der Waals surface area contributed by atoms with Crippen LogP contribution in [0.3, 0.4) is 0 Å². The fourth-order valence-electron chi connectivity index (χ4n) is 5.07. The van der Waals surface area contributed by atoms with Gasteiger partial charge in [-0.25, -0.2) is 0 Å². The Labute approximate surface area is 182 Å². The molecule has 2 fully saturated rings. The highest BCUT2D eigenvalue weighted by Gasteiger charge is 2.48. The molecule has 0 amide bonds. The maximum Gasteiger partial charge on any atom is 0.309 e. The highest BCUT2D eigenvalue weighted by atomic mass is 16.6. The number of benzene rings is 1. The Morgan fingerprint density at radius 1 is 1.03 bits per heavy atom. The van der Waals surface area contributed by atoms with E-state index in [1.807, 2.05) is 0 Å². The second-order valence-corrected chi connectivity index (χ2v) is 8.63. The lowest BCUT2D eigenvalue weighted by Crippen LogP contribution is -2.49. The molecule has 3 heterocycles. The van der Waals surface area contributed by atoms with Crippen LogP contribution >= 0.6 is 0 Å². The van der Waals surface area contributed by atoms with Crippen LogP contribution in [0, 0.1) is 0 Å². The standard InChI is InChI=1S/C22H22O10/c1-6-14-9(22-12(30-6)5-13(24)32-22)3-8-15(19(14)27)20(28)21(29)16(18(8)26)11-4-10(23)17(25)7(2)31-11/h3,6-7,10-12,17,22-23,25-27H,4-5H2,1-2H3. The first-order valence-corrected chi connectivity index (χ1v) is 10.4. The fourth-order valence-corrected chi connectivity index (χ4v) is 5.07. The fraction of sp³-hybridized carbons (Fsp3) is 0.500. The van der Waals surface area contributed by atoms with Gasteiger partial charge in [-0.15, -0.1) is 0 Å². The Hall–Kier alpha value is -2.79. The Morgan fingerprint density at radius 2 is 1.75 bits per heavy atom. The second kappa shape index (κ2) is 7.11. The van der Waals surface area contributed by atoms with Crippen LogP contribution in [0.5, 0.6) is 5.75 Å². The predicted octanol–water partition coefficient (Wildman–Crippen LogP) is 0.774. The molecular formula is C22H22O10. The van der Waals surface area contributed by atoms with E-state index >= 15 is 0 Å². The van der Waals surface area contributed by atoms with Crippen molar-refractivity contribution in [2.75, 3.05) is 0 Å². The summed E-state index contributed by atoms with van der Waals surface area (Å²) in [7, 11) is 0. The molecule has 5 rings (SSSR count). The Balaban J connectivity index is 1.67. The molecule has 2 saturated heterocycles. The van der Waals surface area contributed by atoms with Gasteiger partial charge in [0.2, 0.25) is 11.6 Å². The number of aliphatic hydroxyl groups is 3. The minimum atomic E-state index is -1.22. The van der Waals surface area contributed by atoms with E-state index in [-0.39, 0.29) is 35.1 Å². The zero-order chi connectivity index (χ0) is 23.1. The van der Waals surface area contributed by atoms with Crippen molar-refractivity contribution in [1.29, 1.82) is 0 Å². The van der Waals surface area contributed by atoms with Gasteiger partial charge in [0.15, 0.2) is 6.10 Å². The highest BCUT2D eigenvalue weighted by Crippen LogP contribution is 2.50. The largest absolute Gasteiger partial charge is 0.507 e. The number of hydrogen-bond acceptors (Lipinski definition) is 10. The van der Waals surface area contributed by atoms with Crippen LogP contribution in [0.25, 0.3) is 5.76 Å². The third kappa shape index (κ3) is 2.83. The number of esters is 1. The van der Waals surface area contributed by atoms with Crippen LogP contribution in [-0.2, 0) is 23.8 Å². The molecule has 3 aliphatic heterocycles. The molecule has 1 aromatic carbocycles. The number of carbonyl (C=O) groups excluding carboxylic acids is 3. The summed E-state index contributed by atoms with van der Waals surface area (Å²) in [6, 6.07) is 1.43. The van der Waals surface area contributed by atoms with Gasteiger partial charge in [-0.2, -0.15) is 0 Å². The lowest BCUT2D eigenvalue weighted by Gasteiger charge is -2.37. The van der Waals surface area contributed by atoms with E-state index in [0.717, 1.165) is 0 Å². The number of hydrogen-bond donors (Lipinski definition) is 4. The summed E-state index contributed by atoms with van der Waals surface area (Å²) in [5.41, 5.74) is -0.193. The summed E-state index contributed by atoms with van der Waals surface area (Å²) in [4.78, 5) is 37.7. The summed E-state index contributed by atoms with van der Waals surface area (Å²) < 4.78 is 16.7. The minimum Gasteiger partial charge on any atom is -0.507 e. The Kier molecular flexibility index (Phi) is 4.68. The molecule has 0 aromatic heterocycles. The third-order valence-corrected chi connectivity index (χ3v) is 6.65. The van der Waals surface area contributed by atoms with E-state index in [1.54, 1.807) is 6.92 Å². The first kappa shape index (κ1) is 21.1. The van der Waals surface area contributed by atoms with E-state index in [4.69, 9.17) is 14.2 Å². The summed E-state index contributed by atoms with van der Waals surface area (Å²) in [5, 5.41) is 42.0. The summed E-state index contributed by atoms with van der Waals surface area (Å²) in [5.74, 6) is -3.66. The van der Waals surface area contributed by atoms with Crippen LogP contribution in [-0.4, -0.2) is 68.5 Å². The van der Waals surface area contributed by atoms with Gasteiger partial charge in [-0.1, -0.05) is 0 Å². The third-order valence-electron chi connectivity index (χ3n) is 6.65. The molecule has 170 valence electrons. The van der Waals surface area contributed by atoms with Crippen molar-refractivity contribution in [2.24, 2.45) is 0 Å². The average Bonchev–Trinajstić information content (AvgIpc) is 3.10. The van der Waals surface area contributed by atoms with E-state index in [9.17, 15) is 34.8 Å². The van der Waals surface area contributed by atoms with Gasteiger partial charge in [0.25, 0.3) is 0 Å². The Morgan fingerprint density at radius 3 is 2.44 bits per heavy atom. The number of rotatable bonds is 1. The molecule has 1 aromatic rings. The number of fused-ring (bicyclic) bond motifs is 4. The molecule has 4 N–H and O–H groups in total. The van der Waals surface area contributed by atoms with E-state index in [1.165, 1.54) is 13.0 Å². The van der Waals surface area contributed by atoms with E-state index < -0.39 is 71.8 Å². The number of ketones is 2. The molecule has 32 heavy (non-hydrogen) atoms. The average molecular weight is 446 g/mol. The maximum atomic E-state index is 13.0. The number of Topliss-reactive ketones (excluding diaryl/α,β-unsaturated/α-hetero) is 2. The van der Waals surface area contributed by atoms with Crippen molar-refractivity contribution in [2.45, 2.75) is 69.4 Å². The molecule has 7 unspecified atom stereocenters. The van der Waals surface area contributed by atoms with Crippen LogP contribution in [0.2, 0.25) is 0 Å². The maximum absolute atomic E-state index is 13.0. The van der Waals surface area contributed by atoms with Gasteiger partial charge in [-0.3, -0.25) is 14.4 Å². The van der Waals surface area contributed by atoms with Gasteiger partial charge in [0.05, 0.1) is 42.0 Å². The van der Waals surface area contributed by atoms with Crippen molar-refractivity contribution < 1.29 is 49.0 Å². The minimum absolute atomic E-state index is 0.0325. The summed E-state index contributed by atoms with van der Waals surface area (Å²) in [6.45, 7) is 3.14. The molecule has 0 saturated carbocycles. The monoisotopic (exact) mass is 446 g/mol. The molecular weight excluding hydrogens is 424 g/mol. The number of phenolic OH excluding ortho intramolecular Hbond substituents is 1. The van der Waals surface area contributed by atoms with Crippen molar-refractivity contribution in [3.8, 4) is 5.75 Å². The van der Waals surface area contributed by atoms with Gasteiger partial charge in [0.1, 0.15) is 23.7 Å². The smallest absolute Gasteiger partial charge is 0.309 e. The normalized spacial score (nSPS) is 36.5. The van der Waals surface area contributed by atoms with Gasteiger partial charge < -0.3 is 34.6 Å². The zero-order valence-electron chi connectivity index (χ0n) is 17.3. The van der Waals surface area contributed by atoms with Gasteiger partial charge in [-0.05, 0) is 19.9 Å². The van der Waals surface area contributed by atoms with Crippen LogP contribution in [0.15, 0.2) is 11.6 Å². The molecule has 7 atom stereocenters. The number of aromatic hydroxyl groups is 1. The lowest BCUT2D eigenvalue weighted by atomic mass is 9.79. The SMILES string of the molecule is CC1OC2CC(=O)OC2c2cc3c(c(O)c21)C(=O)C(=O)C(C1CC(O)C(O)C(C)O1)=C3O. The van der Waals surface area contributed by atoms with Crippen molar-refractivity contribution in [1.82, 2.24) is 0 Å². The van der Waals surface area contributed by atoms with E-state index in [0.29, 0.717) is 5.56 Å². The molecule has 10 nitrogen and oxygen atoms in total. The number of phenols is 1. The van der Waals surface area contributed by atoms with Crippen molar-refractivity contribution >= 4 is 23.3 Å². The highest BCUT2D eigenvalue weighted by molar-refractivity contribution is 6.53. The molecule has 0 radical (unpaired) electrons. The first-order chi connectivity index (χ1) is 15.1. The van der Waals surface area contributed by atoms with Crippen molar-refractivity contribution in [3.63, 3.8) is 0 Å². The molecule has 1 aliphatic carbocycles. The predicted molar refractivity (Wildman–Crippen MR) is 105 cm³/mol. The zero-order valence-corrected chi connectivity index (χ0v) is 17.3. The van der Waals surface area contributed by atoms with Gasteiger partial charge >= 0.3 is 5.97 Å². The number of carbonyl (C=O) groups is 3.